The van der Waals surface area contributed by atoms with Crippen molar-refractivity contribution in [1.82, 2.24) is 0 Å². The molecule has 0 saturated heterocycles. The minimum atomic E-state index is 0.619. The zero-order valence-corrected chi connectivity index (χ0v) is 12.8. The average molecular weight is 289 g/mol. The van der Waals surface area contributed by atoms with Crippen LogP contribution < -0.4 is 10.6 Å². The third kappa shape index (κ3) is 3.33. The predicted molar refractivity (Wildman–Crippen MR) is 88.1 cm³/mol. The summed E-state index contributed by atoms with van der Waals surface area (Å²) < 4.78 is 0. The lowest BCUT2D eigenvalue weighted by Gasteiger charge is -2.24. The van der Waals surface area contributed by atoms with Gasteiger partial charge in [-0.3, -0.25) is 0 Å². The van der Waals surface area contributed by atoms with Crippen molar-refractivity contribution in [2.75, 3.05) is 18.0 Å². The number of rotatable bonds is 5. The molecule has 0 unspecified atom stereocenters. The molecule has 0 aliphatic rings. The Bertz CT molecular complexity index is 581. The third-order valence-corrected chi connectivity index (χ3v) is 3.74. The third-order valence-electron chi connectivity index (χ3n) is 3.39. The summed E-state index contributed by atoms with van der Waals surface area (Å²) in [6.07, 6.45) is 0.815. The molecule has 2 rings (SSSR count). The monoisotopic (exact) mass is 288 g/mol. The van der Waals surface area contributed by atoms with E-state index in [0.717, 1.165) is 29.2 Å². The molecule has 0 aromatic heterocycles. The van der Waals surface area contributed by atoms with E-state index < -0.39 is 0 Å². The minimum absolute atomic E-state index is 0.619. The molecule has 0 bridgehead atoms. The van der Waals surface area contributed by atoms with Crippen molar-refractivity contribution >= 4 is 23.0 Å². The Balaban J connectivity index is 2.35. The van der Waals surface area contributed by atoms with E-state index in [1.54, 1.807) is 0 Å². The van der Waals surface area contributed by atoms with Gasteiger partial charge in [-0.25, -0.2) is 0 Å². The molecule has 2 N–H and O–H groups in total. The van der Waals surface area contributed by atoms with Gasteiger partial charge in [-0.05, 0) is 62.2 Å². The molecule has 2 aromatic carbocycles. The van der Waals surface area contributed by atoms with Crippen LogP contribution >= 0.6 is 11.6 Å². The molecule has 0 spiro atoms. The Kier molecular flexibility index (Phi) is 5.05. The first-order chi connectivity index (χ1) is 9.65. The van der Waals surface area contributed by atoms with E-state index >= 15 is 0 Å². The van der Waals surface area contributed by atoms with E-state index in [0.29, 0.717) is 6.54 Å². The first-order valence-electron chi connectivity index (χ1n) is 6.98. The van der Waals surface area contributed by atoms with Gasteiger partial charge >= 0.3 is 0 Å². The Morgan fingerprint density at radius 3 is 2.45 bits per heavy atom. The molecule has 0 radical (unpaired) electrons. The second-order valence-electron chi connectivity index (χ2n) is 4.90. The Morgan fingerprint density at radius 1 is 1.10 bits per heavy atom. The smallest absolute Gasteiger partial charge is 0.0459 e. The van der Waals surface area contributed by atoms with Crippen LogP contribution in [0.4, 0.5) is 11.4 Å². The van der Waals surface area contributed by atoms with Crippen LogP contribution in [0.5, 0.6) is 0 Å². The summed E-state index contributed by atoms with van der Waals surface area (Å²) in [7, 11) is 0. The number of anilines is 2. The van der Waals surface area contributed by atoms with Crippen molar-refractivity contribution in [2.45, 2.75) is 20.3 Å². The highest BCUT2D eigenvalue weighted by Gasteiger charge is 2.09. The Morgan fingerprint density at radius 2 is 1.85 bits per heavy atom. The van der Waals surface area contributed by atoms with Gasteiger partial charge in [0.2, 0.25) is 0 Å². The van der Waals surface area contributed by atoms with Crippen LogP contribution in [0.2, 0.25) is 5.02 Å². The first kappa shape index (κ1) is 14.9. The average Bonchev–Trinajstić information content (AvgIpc) is 2.43. The van der Waals surface area contributed by atoms with E-state index in [2.05, 4.69) is 55.1 Å². The Hall–Kier alpha value is -1.51. The first-order valence-corrected chi connectivity index (χ1v) is 7.36. The van der Waals surface area contributed by atoms with Crippen molar-refractivity contribution in [1.29, 1.82) is 0 Å². The van der Waals surface area contributed by atoms with Gasteiger partial charge in [-0.15, -0.1) is 0 Å². The highest BCUT2D eigenvalue weighted by atomic mass is 35.5. The summed E-state index contributed by atoms with van der Waals surface area (Å²) in [5.74, 6) is 0. The maximum absolute atomic E-state index is 6.35. The highest BCUT2D eigenvalue weighted by molar-refractivity contribution is 6.31. The van der Waals surface area contributed by atoms with E-state index in [1.807, 2.05) is 6.07 Å². The van der Waals surface area contributed by atoms with Crippen LogP contribution in [0.25, 0.3) is 0 Å². The van der Waals surface area contributed by atoms with Gasteiger partial charge < -0.3 is 10.6 Å². The maximum atomic E-state index is 6.35. The fraction of sp³-hybridized carbons (Fsp3) is 0.294. The SMILES string of the molecule is CCN(c1cccc(C)c1)c1ccc(CCN)c(Cl)c1. The van der Waals surface area contributed by atoms with Crippen molar-refractivity contribution in [3.05, 3.63) is 58.6 Å². The summed E-state index contributed by atoms with van der Waals surface area (Å²) in [6, 6.07) is 14.7. The van der Waals surface area contributed by atoms with Gasteiger partial charge in [0.1, 0.15) is 0 Å². The zero-order chi connectivity index (χ0) is 14.5. The van der Waals surface area contributed by atoms with Gasteiger partial charge in [0.25, 0.3) is 0 Å². The summed E-state index contributed by atoms with van der Waals surface area (Å²) in [5, 5.41) is 0.791. The molecule has 0 heterocycles. The molecule has 2 aromatic rings. The van der Waals surface area contributed by atoms with Crippen LogP contribution in [0.15, 0.2) is 42.5 Å². The lowest BCUT2D eigenvalue weighted by Crippen LogP contribution is -2.16. The molecule has 0 fully saturated rings. The van der Waals surface area contributed by atoms with Crippen molar-refractivity contribution in [3.63, 3.8) is 0 Å². The lowest BCUT2D eigenvalue weighted by molar-refractivity contribution is 0.965. The predicted octanol–water partition coefficient (Wildman–Crippen LogP) is 4.31. The fourth-order valence-corrected chi connectivity index (χ4v) is 2.64. The molecule has 20 heavy (non-hydrogen) atoms. The van der Waals surface area contributed by atoms with Crippen molar-refractivity contribution in [2.24, 2.45) is 5.73 Å². The molecule has 0 amide bonds. The van der Waals surface area contributed by atoms with Crippen LogP contribution in [-0.4, -0.2) is 13.1 Å². The standard InChI is InChI=1S/C17H21ClN2/c1-3-20(15-6-4-5-13(2)11-15)16-8-7-14(9-10-19)17(18)12-16/h4-8,11-12H,3,9-10,19H2,1-2H3. The molecule has 0 aliphatic heterocycles. The Labute approximate surface area is 126 Å². The van der Waals surface area contributed by atoms with Crippen LogP contribution in [0, 0.1) is 6.92 Å². The number of nitrogens with zero attached hydrogens (tertiary/aromatic N) is 1. The molecule has 3 heteroatoms. The zero-order valence-electron chi connectivity index (χ0n) is 12.1. The topological polar surface area (TPSA) is 29.3 Å². The minimum Gasteiger partial charge on any atom is -0.342 e. The molecule has 0 aliphatic carbocycles. The van der Waals surface area contributed by atoms with E-state index in [9.17, 15) is 0 Å². The van der Waals surface area contributed by atoms with Crippen LogP contribution in [0.3, 0.4) is 0 Å². The van der Waals surface area contributed by atoms with Crippen LogP contribution in [0.1, 0.15) is 18.1 Å². The molecule has 106 valence electrons. The van der Waals surface area contributed by atoms with Gasteiger partial charge in [0.05, 0.1) is 0 Å². The lowest BCUT2D eigenvalue weighted by atomic mass is 10.1. The number of hydrogen-bond acceptors (Lipinski definition) is 2. The number of benzene rings is 2. The molecular weight excluding hydrogens is 268 g/mol. The van der Waals surface area contributed by atoms with E-state index in [-0.39, 0.29) is 0 Å². The molecule has 2 nitrogen and oxygen atoms in total. The van der Waals surface area contributed by atoms with Gasteiger partial charge in [-0.1, -0.05) is 29.8 Å². The normalized spacial score (nSPS) is 10.6. The van der Waals surface area contributed by atoms with Gasteiger partial charge in [-0.2, -0.15) is 0 Å². The maximum Gasteiger partial charge on any atom is 0.0459 e. The van der Waals surface area contributed by atoms with E-state index in [4.69, 9.17) is 17.3 Å². The van der Waals surface area contributed by atoms with Crippen LogP contribution in [-0.2, 0) is 6.42 Å². The van der Waals surface area contributed by atoms with Gasteiger partial charge in [0.15, 0.2) is 0 Å². The second kappa shape index (κ2) is 6.78. The van der Waals surface area contributed by atoms with Gasteiger partial charge in [0, 0.05) is 22.9 Å². The van der Waals surface area contributed by atoms with Crippen molar-refractivity contribution < 1.29 is 0 Å². The quantitative estimate of drug-likeness (QED) is 0.888. The summed E-state index contributed by atoms with van der Waals surface area (Å²) in [4.78, 5) is 2.26. The van der Waals surface area contributed by atoms with Crippen molar-refractivity contribution in [3.8, 4) is 0 Å². The summed E-state index contributed by atoms with van der Waals surface area (Å²) in [6.45, 7) is 5.77. The van der Waals surface area contributed by atoms with E-state index in [1.165, 1.54) is 11.3 Å². The molecule has 0 atom stereocenters. The summed E-state index contributed by atoms with van der Waals surface area (Å²) in [5.41, 5.74) is 10.3. The fourth-order valence-electron chi connectivity index (χ4n) is 2.37. The number of nitrogens with two attached hydrogens (primary N) is 1. The second-order valence-corrected chi connectivity index (χ2v) is 5.30. The molecular formula is C17H21ClN2. The largest absolute Gasteiger partial charge is 0.342 e. The molecule has 0 saturated carbocycles. The number of aryl methyl sites for hydroxylation is 1. The highest BCUT2D eigenvalue weighted by Crippen LogP contribution is 2.29. The number of hydrogen-bond donors (Lipinski definition) is 1. The summed E-state index contributed by atoms with van der Waals surface area (Å²) >= 11 is 6.35. The number of halogens is 1.